The van der Waals surface area contributed by atoms with Gasteiger partial charge < -0.3 is 10.5 Å². The molecule has 108 valence electrons. The first-order chi connectivity index (χ1) is 8.99. The number of ether oxygens (including phenoxy) is 1. The number of halogens is 1. The molecule has 1 atom stereocenters. The molecule has 0 aromatic heterocycles. The Morgan fingerprint density at radius 1 is 1.37 bits per heavy atom. The first-order valence-electron chi connectivity index (χ1n) is 6.73. The van der Waals surface area contributed by atoms with Crippen LogP contribution in [0.25, 0.3) is 0 Å². The highest BCUT2D eigenvalue weighted by Gasteiger charge is 2.19. The van der Waals surface area contributed by atoms with E-state index in [0.717, 1.165) is 22.3 Å². The smallest absolute Gasteiger partial charge is 0.123 e. The van der Waals surface area contributed by atoms with Crippen molar-refractivity contribution in [1.29, 1.82) is 0 Å². The fourth-order valence-electron chi connectivity index (χ4n) is 2.13. The number of benzene rings is 1. The van der Waals surface area contributed by atoms with E-state index in [4.69, 9.17) is 10.5 Å². The largest absolute Gasteiger partial charge is 0.496 e. The molecule has 0 aliphatic rings. The number of likely N-dealkylation sites (N-methyl/N-ethyl adjacent to an activating group) is 1. The second-order valence-corrected chi connectivity index (χ2v) is 6.22. The Balaban J connectivity index is 2.92. The Morgan fingerprint density at radius 2 is 2.05 bits per heavy atom. The molecule has 0 bridgehead atoms. The van der Waals surface area contributed by atoms with Crippen molar-refractivity contribution >= 4 is 15.9 Å². The first-order valence-corrected chi connectivity index (χ1v) is 7.52. The molecule has 0 radical (unpaired) electrons. The van der Waals surface area contributed by atoms with Crippen LogP contribution in [0, 0.1) is 5.92 Å². The number of hydrogen-bond donors (Lipinski definition) is 1. The molecule has 0 aliphatic carbocycles. The first kappa shape index (κ1) is 16.5. The van der Waals surface area contributed by atoms with Gasteiger partial charge in [-0.1, -0.05) is 29.8 Å². The summed E-state index contributed by atoms with van der Waals surface area (Å²) in [5.41, 5.74) is 7.12. The van der Waals surface area contributed by atoms with Gasteiger partial charge in [-0.3, -0.25) is 4.90 Å². The summed E-state index contributed by atoms with van der Waals surface area (Å²) in [6, 6.07) is 6.26. The number of nitrogens with zero attached hydrogens (tertiary/aromatic N) is 1. The van der Waals surface area contributed by atoms with Gasteiger partial charge in [0.1, 0.15) is 5.75 Å². The van der Waals surface area contributed by atoms with Crippen LogP contribution in [-0.2, 0) is 0 Å². The summed E-state index contributed by atoms with van der Waals surface area (Å²) in [7, 11) is 3.83. The summed E-state index contributed by atoms with van der Waals surface area (Å²) in [4.78, 5) is 2.31. The summed E-state index contributed by atoms with van der Waals surface area (Å²) in [5, 5.41) is 0. The lowest BCUT2D eigenvalue weighted by atomic mass is 10.0. The molecule has 1 rings (SSSR count). The maximum atomic E-state index is 5.97. The van der Waals surface area contributed by atoms with E-state index >= 15 is 0 Å². The van der Waals surface area contributed by atoms with Gasteiger partial charge in [0.15, 0.2) is 0 Å². The van der Waals surface area contributed by atoms with Gasteiger partial charge in [0, 0.05) is 16.6 Å². The minimum Gasteiger partial charge on any atom is -0.496 e. The Bertz CT molecular complexity index is 396. The van der Waals surface area contributed by atoms with E-state index in [1.54, 1.807) is 7.11 Å². The van der Waals surface area contributed by atoms with Gasteiger partial charge >= 0.3 is 0 Å². The zero-order chi connectivity index (χ0) is 14.4. The molecule has 0 amide bonds. The minimum atomic E-state index is 0.186. The lowest BCUT2D eigenvalue weighted by Crippen LogP contribution is -2.32. The maximum Gasteiger partial charge on any atom is 0.123 e. The Hall–Kier alpha value is -0.580. The van der Waals surface area contributed by atoms with Crippen LogP contribution >= 0.6 is 15.9 Å². The molecule has 1 aromatic rings. The predicted octanol–water partition coefficient (Wildman–Crippen LogP) is 3.44. The van der Waals surface area contributed by atoms with Crippen LogP contribution in [0.2, 0.25) is 0 Å². The molecule has 0 saturated heterocycles. The van der Waals surface area contributed by atoms with Gasteiger partial charge in [0.2, 0.25) is 0 Å². The summed E-state index contributed by atoms with van der Waals surface area (Å²) < 4.78 is 6.51. The maximum absolute atomic E-state index is 5.97. The monoisotopic (exact) mass is 328 g/mol. The molecule has 3 nitrogen and oxygen atoms in total. The Kier molecular flexibility index (Phi) is 6.83. The highest BCUT2D eigenvalue weighted by atomic mass is 79.9. The quantitative estimate of drug-likeness (QED) is 0.833. The average molecular weight is 329 g/mol. The zero-order valence-electron chi connectivity index (χ0n) is 12.3. The van der Waals surface area contributed by atoms with Crippen LogP contribution < -0.4 is 10.5 Å². The highest BCUT2D eigenvalue weighted by molar-refractivity contribution is 9.10. The Morgan fingerprint density at radius 3 is 2.58 bits per heavy atom. The van der Waals surface area contributed by atoms with Crippen molar-refractivity contribution in [3.8, 4) is 5.75 Å². The molecule has 19 heavy (non-hydrogen) atoms. The lowest BCUT2D eigenvalue weighted by Gasteiger charge is -2.29. The van der Waals surface area contributed by atoms with E-state index in [0.29, 0.717) is 12.5 Å². The summed E-state index contributed by atoms with van der Waals surface area (Å²) in [6.07, 6.45) is 1.17. The van der Waals surface area contributed by atoms with Crippen LogP contribution in [0.15, 0.2) is 22.7 Å². The molecule has 0 fully saturated rings. The third kappa shape index (κ3) is 4.79. The summed E-state index contributed by atoms with van der Waals surface area (Å²) in [6.45, 7) is 6.10. The van der Waals surface area contributed by atoms with Gasteiger partial charge in [-0.25, -0.2) is 0 Å². The molecule has 1 aromatic carbocycles. The van der Waals surface area contributed by atoms with Crippen molar-refractivity contribution in [3.05, 3.63) is 28.2 Å². The van der Waals surface area contributed by atoms with Gasteiger partial charge in [0.25, 0.3) is 0 Å². The van der Waals surface area contributed by atoms with Crippen molar-refractivity contribution in [1.82, 2.24) is 4.90 Å². The number of hydrogen-bond acceptors (Lipinski definition) is 3. The molecule has 0 saturated carbocycles. The van der Waals surface area contributed by atoms with Crippen molar-refractivity contribution < 1.29 is 4.74 Å². The third-order valence-corrected chi connectivity index (χ3v) is 3.86. The van der Waals surface area contributed by atoms with Crippen LogP contribution in [0.5, 0.6) is 5.75 Å². The summed E-state index contributed by atoms with van der Waals surface area (Å²) in [5.74, 6) is 1.60. The van der Waals surface area contributed by atoms with E-state index in [1.807, 2.05) is 12.1 Å². The lowest BCUT2D eigenvalue weighted by molar-refractivity contribution is 0.231. The number of rotatable bonds is 7. The zero-order valence-corrected chi connectivity index (χ0v) is 13.9. The fraction of sp³-hybridized carbons (Fsp3) is 0.600. The van der Waals surface area contributed by atoms with Gasteiger partial charge in [-0.05, 0) is 44.1 Å². The molecular weight excluding hydrogens is 304 g/mol. The second kappa shape index (κ2) is 7.88. The molecular formula is C15H25BrN2O. The second-order valence-electron chi connectivity index (χ2n) is 5.30. The number of methoxy groups -OCH3 is 1. The molecule has 0 aliphatic heterocycles. The molecule has 4 heteroatoms. The van der Waals surface area contributed by atoms with Gasteiger partial charge in [-0.15, -0.1) is 0 Å². The molecule has 0 heterocycles. The van der Waals surface area contributed by atoms with Crippen LogP contribution in [0.4, 0.5) is 0 Å². The standard InChI is InChI=1S/C15H25BrN2O/c1-11(2)7-8-18(3)14(10-17)13-9-12(16)5-6-15(13)19-4/h5-6,9,11,14H,7-8,10,17H2,1-4H3. The van der Waals surface area contributed by atoms with Crippen LogP contribution in [-0.4, -0.2) is 32.1 Å². The Labute approximate surface area is 125 Å². The normalized spacial score (nSPS) is 13.1. The fourth-order valence-corrected chi connectivity index (χ4v) is 2.51. The van der Waals surface area contributed by atoms with Crippen molar-refractivity contribution in [2.45, 2.75) is 26.3 Å². The van der Waals surface area contributed by atoms with Crippen LogP contribution in [0.1, 0.15) is 31.9 Å². The van der Waals surface area contributed by atoms with E-state index < -0.39 is 0 Å². The average Bonchev–Trinajstić information content (AvgIpc) is 2.37. The topological polar surface area (TPSA) is 38.5 Å². The van der Waals surface area contributed by atoms with E-state index in [1.165, 1.54) is 6.42 Å². The third-order valence-electron chi connectivity index (χ3n) is 3.37. The van der Waals surface area contributed by atoms with Crippen molar-refractivity contribution in [3.63, 3.8) is 0 Å². The molecule has 2 N–H and O–H groups in total. The van der Waals surface area contributed by atoms with Gasteiger partial charge in [-0.2, -0.15) is 0 Å². The van der Waals surface area contributed by atoms with E-state index in [-0.39, 0.29) is 6.04 Å². The van der Waals surface area contributed by atoms with E-state index in [9.17, 15) is 0 Å². The number of nitrogens with two attached hydrogens (primary N) is 1. The van der Waals surface area contributed by atoms with E-state index in [2.05, 4.69) is 47.8 Å². The highest BCUT2D eigenvalue weighted by Crippen LogP contribution is 2.31. The van der Waals surface area contributed by atoms with Crippen molar-refractivity contribution in [2.24, 2.45) is 11.7 Å². The van der Waals surface area contributed by atoms with Crippen molar-refractivity contribution in [2.75, 3.05) is 27.2 Å². The summed E-state index contributed by atoms with van der Waals surface area (Å²) >= 11 is 3.52. The van der Waals surface area contributed by atoms with Crippen LogP contribution in [0.3, 0.4) is 0 Å². The predicted molar refractivity (Wildman–Crippen MR) is 84.6 cm³/mol. The molecule has 0 spiro atoms. The van der Waals surface area contributed by atoms with Gasteiger partial charge in [0.05, 0.1) is 13.2 Å². The SMILES string of the molecule is COc1ccc(Br)cc1C(CN)N(C)CCC(C)C. The minimum absolute atomic E-state index is 0.186. The molecule has 1 unspecified atom stereocenters.